The molecule has 1 aromatic carbocycles. The van der Waals surface area contributed by atoms with Gasteiger partial charge in [0.25, 0.3) is 0 Å². The maximum absolute atomic E-state index is 12.8. The third kappa shape index (κ3) is 6.12. The van der Waals surface area contributed by atoms with Crippen LogP contribution in [0.2, 0.25) is 0 Å². The summed E-state index contributed by atoms with van der Waals surface area (Å²) in [6.07, 6.45) is -2.45. The van der Waals surface area contributed by atoms with E-state index in [1.165, 1.54) is 12.1 Å². The van der Waals surface area contributed by atoms with Crippen molar-refractivity contribution < 1.29 is 13.2 Å². The van der Waals surface area contributed by atoms with Crippen LogP contribution in [0.25, 0.3) is 0 Å². The molecule has 2 N–H and O–H groups in total. The zero-order valence-corrected chi connectivity index (χ0v) is 18.2. The van der Waals surface area contributed by atoms with E-state index in [1.807, 2.05) is 20.8 Å². The lowest BCUT2D eigenvalue weighted by molar-refractivity contribution is -0.137. The Morgan fingerprint density at radius 1 is 0.900 bits per heavy atom. The fourth-order valence-electron chi connectivity index (χ4n) is 2.78. The summed E-state index contributed by atoms with van der Waals surface area (Å²) in [7, 11) is 0. The zero-order valence-electron chi connectivity index (χ0n) is 18.2. The SMILES string of the molecule is CCCNc1nc(C)c(C#CC(C)(C)c2ccc(C(F)(F)F)cc2)c(NCCC)n1. The lowest BCUT2D eigenvalue weighted by atomic mass is 9.84. The standard InChI is InChI=1S/C23H29F3N4/c1-6-14-27-20-19(16(3)29-21(30-20)28-15-7-2)12-13-22(4,5)17-8-10-18(11-9-17)23(24,25)26/h8-11H,6-7,14-15H2,1-5H3,(H2,27,28,29,30). The predicted octanol–water partition coefficient (Wildman–Crippen LogP) is 5.78. The number of nitrogens with zero attached hydrogens (tertiary/aromatic N) is 2. The van der Waals surface area contributed by atoms with Gasteiger partial charge < -0.3 is 10.6 Å². The average molecular weight is 419 g/mol. The van der Waals surface area contributed by atoms with Crippen LogP contribution in [0.3, 0.4) is 0 Å². The van der Waals surface area contributed by atoms with E-state index in [2.05, 4.69) is 46.3 Å². The maximum Gasteiger partial charge on any atom is 0.416 e. The van der Waals surface area contributed by atoms with E-state index < -0.39 is 17.2 Å². The van der Waals surface area contributed by atoms with Crippen LogP contribution >= 0.6 is 0 Å². The quantitative estimate of drug-likeness (QED) is 0.560. The Bertz CT molecular complexity index is 907. The first-order valence-corrected chi connectivity index (χ1v) is 10.2. The van der Waals surface area contributed by atoms with E-state index in [0.717, 1.165) is 43.8 Å². The first-order chi connectivity index (χ1) is 14.1. The highest BCUT2D eigenvalue weighted by Gasteiger charge is 2.30. The van der Waals surface area contributed by atoms with Gasteiger partial charge in [0.15, 0.2) is 0 Å². The zero-order chi connectivity index (χ0) is 22.4. The third-order valence-corrected chi connectivity index (χ3v) is 4.60. The van der Waals surface area contributed by atoms with Crippen LogP contribution in [0.4, 0.5) is 24.9 Å². The lowest BCUT2D eigenvalue weighted by Gasteiger charge is -2.19. The molecule has 0 amide bonds. The molecule has 0 saturated heterocycles. The van der Waals surface area contributed by atoms with E-state index >= 15 is 0 Å². The van der Waals surface area contributed by atoms with Gasteiger partial charge in [-0.3, -0.25) is 0 Å². The van der Waals surface area contributed by atoms with Crippen LogP contribution in [0.1, 0.15) is 62.9 Å². The molecule has 0 saturated carbocycles. The Hall–Kier alpha value is -2.75. The molecule has 7 heteroatoms. The van der Waals surface area contributed by atoms with Gasteiger partial charge in [0.2, 0.25) is 5.95 Å². The van der Waals surface area contributed by atoms with Crippen LogP contribution in [0, 0.1) is 18.8 Å². The smallest absolute Gasteiger partial charge is 0.369 e. The Labute approximate surface area is 176 Å². The molecule has 0 unspecified atom stereocenters. The number of anilines is 2. The van der Waals surface area contributed by atoms with Gasteiger partial charge in [-0.15, -0.1) is 0 Å². The molecular weight excluding hydrogens is 389 g/mol. The Kier molecular flexibility index (Phi) is 7.71. The third-order valence-electron chi connectivity index (χ3n) is 4.60. The fourth-order valence-corrected chi connectivity index (χ4v) is 2.78. The highest BCUT2D eigenvalue weighted by molar-refractivity contribution is 5.59. The molecule has 1 aromatic heterocycles. The van der Waals surface area contributed by atoms with E-state index in [0.29, 0.717) is 22.9 Å². The van der Waals surface area contributed by atoms with Gasteiger partial charge in [-0.2, -0.15) is 18.2 Å². The summed E-state index contributed by atoms with van der Waals surface area (Å²) in [6, 6.07) is 5.15. The highest BCUT2D eigenvalue weighted by Crippen LogP contribution is 2.31. The van der Waals surface area contributed by atoms with Crippen molar-refractivity contribution in [3.63, 3.8) is 0 Å². The van der Waals surface area contributed by atoms with Crippen molar-refractivity contribution in [3.05, 3.63) is 46.6 Å². The van der Waals surface area contributed by atoms with E-state index in [-0.39, 0.29) is 0 Å². The molecule has 0 atom stereocenters. The molecule has 0 bridgehead atoms. The predicted molar refractivity (Wildman–Crippen MR) is 116 cm³/mol. The van der Waals surface area contributed by atoms with Crippen molar-refractivity contribution in [2.75, 3.05) is 23.7 Å². The second-order valence-electron chi connectivity index (χ2n) is 7.66. The normalized spacial score (nSPS) is 11.6. The van der Waals surface area contributed by atoms with Gasteiger partial charge in [-0.1, -0.05) is 37.8 Å². The first-order valence-electron chi connectivity index (χ1n) is 10.2. The lowest BCUT2D eigenvalue weighted by Crippen LogP contribution is -2.16. The van der Waals surface area contributed by atoms with Gasteiger partial charge in [0, 0.05) is 13.1 Å². The molecule has 2 aromatic rings. The average Bonchev–Trinajstić information content (AvgIpc) is 2.69. The molecule has 0 aliphatic heterocycles. The van der Waals surface area contributed by atoms with Crippen molar-refractivity contribution in [1.29, 1.82) is 0 Å². The summed E-state index contributed by atoms with van der Waals surface area (Å²) >= 11 is 0. The van der Waals surface area contributed by atoms with Crippen LogP contribution in [0.5, 0.6) is 0 Å². The molecular formula is C23H29F3N4. The number of rotatable bonds is 7. The van der Waals surface area contributed by atoms with Gasteiger partial charge in [-0.25, -0.2) is 4.98 Å². The van der Waals surface area contributed by atoms with Crippen molar-refractivity contribution in [2.45, 2.75) is 59.1 Å². The second kappa shape index (κ2) is 9.84. The molecule has 30 heavy (non-hydrogen) atoms. The summed E-state index contributed by atoms with van der Waals surface area (Å²) in [4.78, 5) is 9.06. The Balaban J connectivity index is 2.38. The van der Waals surface area contributed by atoms with E-state index in [9.17, 15) is 13.2 Å². The number of alkyl halides is 3. The van der Waals surface area contributed by atoms with Crippen LogP contribution < -0.4 is 10.6 Å². The number of aromatic nitrogens is 2. The number of halogens is 3. The second-order valence-corrected chi connectivity index (χ2v) is 7.66. The summed E-state index contributed by atoms with van der Waals surface area (Å²) in [5.74, 6) is 7.59. The number of hydrogen-bond acceptors (Lipinski definition) is 4. The minimum absolute atomic E-state index is 0.556. The van der Waals surface area contributed by atoms with Crippen LogP contribution in [-0.4, -0.2) is 23.1 Å². The number of nitrogens with one attached hydrogen (secondary N) is 2. The summed E-state index contributed by atoms with van der Waals surface area (Å²) in [5, 5.41) is 6.49. The molecule has 2 rings (SSSR count). The Morgan fingerprint density at radius 2 is 1.47 bits per heavy atom. The molecule has 0 aliphatic carbocycles. The molecule has 1 heterocycles. The van der Waals surface area contributed by atoms with Crippen LogP contribution in [0.15, 0.2) is 24.3 Å². The van der Waals surface area contributed by atoms with E-state index in [1.54, 1.807) is 0 Å². The van der Waals surface area contributed by atoms with Crippen molar-refractivity contribution in [3.8, 4) is 11.8 Å². The molecule has 0 fully saturated rings. The summed E-state index contributed by atoms with van der Waals surface area (Å²) in [6.45, 7) is 11.3. The Morgan fingerprint density at radius 3 is 2.03 bits per heavy atom. The fraction of sp³-hybridized carbons (Fsp3) is 0.478. The largest absolute Gasteiger partial charge is 0.416 e. The van der Waals surface area contributed by atoms with Gasteiger partial charge >= 0.3 is 6.18 Å². The molecule has 0 radical (unpaired) electrons. The monoisotopic (exact) mass is 418 g/mol. The minimum Gasteiger partial charge on any atom is -0.369 e. The first kappa shape index (κ1) is 23.5. The molecule has 4 nitrogen and oxygen atoms in total. The topological polar surface area (TPSA) is 49.8 Å². The molecule has 162 valence electrons. The minimum atomic E-state index is -4.35. The number of aryl methyl sites for hydroxylation is 1. The van der Waals surface area contributed by atoms with Crippen molar-refractivity contribution >= 4 is 11.8 Å². The number of hydrogen-bond donors (Lipinski definition) is 2. The summed E-state index contributed by atoms with van der Waals surface area (Å²) < 4.78 is 38.5. The highest BCUT2D eigenvalue weighted by atomic mass is 19.4. The van der Waals surface area contributed by atoms with Gasteiger partial charge in [0.05, 0.1) is 22.2 Å². The summed E-state index contributed by atoms with van der Waals surface area (Å²) in [5.41, 5.74) is 0.854. The van der Waals surface area contributed by atoms with Crippen molar-refractivity contribution in [2.24, 2.45) is 0 Å². The van der Waals surface area contributed by atoms with Gasteiger partial charge in [-0.05, 0) is 51.3 Å². The number of benzene rings is 1. The van der Waals surface area contributed by atoms with Crippen molar-refractivity contribution in [1.82, 2.24) is 9.97 Å². The van der Waals surface area contributed by atoms with E-state index in [4.69, 9.17) is 0 Å². The maximum atomic E-state index is 12.8. The molecule has 0 spiro atoms. The molecule has 0 aliphatic rings. The van der Waals surface area contributed by atoms with Gasteiger partial charge in [0.1, 0.15) is 5.82 Å². The van der Waals surface area contributed by atoms with Crippen LogP contribution in [-0.2, 0) is 11.6 Å².